The first-order valence-electron chi connectivity index (χ1n) is 9.39. The summed E-state index contributed by atoms with van der Waals surface area (Å²) in [7, 11) is -4.12. The molecule has 0 bridgehead atoms. The largest absolute Gasteiger partial charge is 0.454 e. The van der Waals surface area contributed by atoms with Crippen LogP contribution in [0.25, 0.3) is 0 Å². The highest BCUT2D eigenvalue weighted by Gasteiger charge is 2.23. The molecule has 1 aromatic heterocycles. The Hall–Kier alpha value is -2.56. The fourth-order valence-electron chi connectivity index (χ4n) is 3.48. The molecule has 1 aliphatic heterocycles. The fourth-order valence-corrected chi connectivity index (χ4v) is 4.02. The number of carbonyl (C=O) groups excluding carboxylic acids is 2. The van der Waals surface area contributed by atoms with Crippen molar-refractivity contribution in [1.82, 2.24) is 4.57 Å². The van der Waals surface area contributed by atoms with Crippen LogP contribution >= 0.6 is 0 Å². The Morgan fingerprint density at radius 1 is 1.27 bits per heavy atom. The van der Waals surface area contributed by atoms with Crippen molar-refractivity contribution in [2.75, 3.05) is 13.2 Å². The van der Waals surface area contributed by atoms with E-state index < -0.39 is 44.7 Å². The van der Waals surface area contributed by atoms with E-state index in [0.717, 1.165) is 49.0 Å². The molecule has 0 saturated carbocycles. The lowest BCUT2D eigenvalue weighted by Crippen LogP contribution is -2.19. The molecule has 0 aliphatic carbocycles. The number of rotatable bonds is 7. The summed E-state index contributed by atoms with van der Waals surface area (Å²) in [6.45, 7) is 4.43. The number of hydrogen-bond acceptors (Lipinski definition) is 6. The summed E-state index contributed by atoms with van der Waals surface area (Å²) < 4.78 is 49.3. The molecule has 3 rings (SSSR count). The molecule has 0 spiro atoms. The lowest BCUT2D eigenvalue weighted by atomic mass is 10.1. The van der Waals surface area contributed by atoms with Gasteiger partial charge in [0.25, 0.3) is 0 Å². The number of sulfonamides is 1. The van der Waals surface area contributed by atoms with Gasteiger partial charge in [-0.1, -0.05) is 0 Å². The third-order valence-electron chi connectivity index (χ3n) is 5.10. The number of hydrogen-bond donors (Lipinski definition) is 1. The zero-order valence-corrected chi connectivity index (χ0v) is 17.5. The number of nitrogens with zero attached hydrogens (tertiary/aromatic N) is 1. The van der Waals surface area contributed by atoms with Crippen molar-refractivity contribution in [1.29, 1.82) is 0 Å². The number of primary sulfonamides is 1. The number of aromatic nitrogens is 1. The van der Waals surface area contributed by atoms with Crippen LogP contribution in [-0.4, -0.2) is 44.1 Å². The summed E-state index contributed by atoms with van der Waals surface area (Å²) in [5, 5.41) is 5.00. The number of benzene rings is 1. The molecule has 1 saturated heterocycles. The zero-order valence-electron chi connectivity index (χ0n) is 16.7. The second-order valence-corrected chi connectivity index (χ2v) is 8.78. The van der Waals surface area contributed by atoms with E-state index >= 15 is 0 Å². The molecule has 1 aliphatic rings. The summed E-state index contributed by atoms with van der Waals surface area (Å²) >= 11 is 0. The minimum Gasteiger partial charge on any atom is -0.454 e. The third-order valence-corrected chi connectivity index (χ3v) is 6.02. The molecule has 2 aromatic rings. The van der Waals surface area contributed by atoms with Crippen molar-refractivity contribution in [3.8, 4) is 0 Å². The number of ether oxygens (including phenoxy) is 2. The van der Waals surface area contributed by atoms with Gasteiger partial charge in [0.05, 0.1) is 16.6 Å². The first kappa shape index (κ1) is 22.1. The van der Waals surface area contributed by atoms with Crippen molar-refractivity contribution < 1.29 is 31.9 Å². The normalized spacial score (nSPS) is 16.6. The third kappa shape index (κ3) is 4.77. The van der Waals surface area contributed by atoms with Gasteiger partial charge in [-0.15, -0.1) is 0 Å². The molecule has 8 nitrogen and oxygen atoms in total. The van der Waals surface area contributed by atoms with Gasteiger partial charge in [-0.2, -0.15) is 0 Å². The molecule has 1 atom stereocenters. The van der Waals surface area contributed by atoms with Gasteiger partial charge < -0.3 is 14.0 Å². The number of halogens is 1. The predicted molar refractivity (Wildman–Crippen MR) is 105 cm³/mol. The van der Waals surface area contributed by atoms with Gasteiger partial charge in [-0.25, -0.2) is 22.7 Å². The van der Waals surface area contributed by atoms with Gasteiger partial charge in [0.2, 0.25) is 15.8 Å². The fraction of sp³-hybridized carbons (Fsp3) is 0.400. The maximum Gasteiger partial charge on any atom is 0.341 e. The molecule has 0 amide bonds. The highest BCUT2D eigenvalue weighted by molar-refractivity contribution is 7.89. The van der Waals surface area contributed by atoms with Crippen LogP contribution in [0.5, 0.6) is 0 Å². The lowest BCUT2D eigenvalue weighted by molar-refractivity contribution is 0.0469. The van der Waals surface area contributed by atoms with Crippen molar-refractivity contribution >= 4 is 21.8 Å². The molecule has 162 valence electrons. The monoisotopic (exact) mass is 438 g/mol. The van der Waals surface area contributed by atoms with Crippen LogP contribution in [-0.2, 0) is 26.0 Å². The minimum atomic E-state index is -4.12. The van der Waals surface area contributed by atoms with Gasteiger partial charge in [0, 0.05) is 30.1 Å². The van der Waals surface area contributed by atoms with Crippen LogP contribution in [0.3, 0.4) is 0 Å². The molecule has 30 heavy (non-hydrogen) atoms. The minimum absolute atomic E-state index is 0.102. The summed E-state index contributed by atoms with van der Waals surface area (Å²) in [6, 6.07) is 4.24. The lowest BCUT2D eigenvalue weighted by Gasteiger charge is -2.14. The Labute approximate surface area is 173 Å². The average molecular weight is 438 g/mol. The van der Waals surface area contributed by atoms with Crippen molar-refractivity contribution in [3.63, 3.8) is 0 Å². The highest BCUT2D eigenvalue weighted by atomic mass is 32.2. The van der Waals surface area contributed by atoms with E-state index in [2.05, 4.69) is 0 Å². The topological polar surface area (TPSA) is 118 Å². The van der Waals surface area contributed by atoms with Crippen molar-refractivity contribution in [2.45, 2.75) is 44.2 Å². The summed E-state index contributed by atoms with van der Waals surface area (Å²) in [5.41, 5.74) is 1.39. The first-order valence-corrected chi connectivity index (χ1v) is 10.9. The Bertz CT molecular complexity index is 1090. The Morgan fingerprint density at radius 2 is 2.00 bits per heavy atom. The smallest absolute Gasteiger partial charge is 0.341 e. The second kappa shape index (κ2) is 8.66. The highest BCUT2D eigenvalue weighted by Crippen LogP contribution is 2.21. The number of carbonyl (C=O) groups is 2. The van der Waals surface area contributed by atoms with Crippen LogP contribution in [0.4, 0.5) is 4.39 Å². The standard InChI is InChI=1S/C20H23FN2O6S/c1-12-8-16(13(2)23(12)10-14-4-3-7-28-14)19(24)11-29-20(25)17-9-15(30(22,26)27)5-6-18(17)21/h5-6,8-9,14H,3-4,7,10-11H2,1-2H3,(H2,22,26,27). The Morgan fingerprint density at radius 3 is 2.63 bits per heavy atom. The molecule has 1 aromatic carbocycles. The molecule has 10 heteroatoms. The number of nitrogens with two attached hydrogens (primary N) is 1. The molecular weight excluding hydrogens is 415 g/mol. The van der Waals surface area contributed by atoms with Crippen molar-refractivity contribution in [3.05, 3.63) is 52.6 Å². The Kier molecular flexibility index (Phi) is 6.39. The quantitative estimate of drug-likeness (QED) is 0.523. The van der Waals surface area contributed by atoms with E-state index in [0.29, 0.717) is 12.1 Å². The van der Waals surface area contributed by atoms with E-state index in [9.17, 15) is 22.4 Å². The number of esters is 1. The number of ketones is 1. The molecule has 2 heterocycles. The van der Waals surface area contributed by atoms with E-state index in [-0.39, 0.29) is 6.10 Å². The molecule has 2 N–H and O–H groups in total. The van der Waals surface area contributed by atoms with Crippen molar-refractivity contribution in [2.24, 2.45) is 5.14 Å². The molecule has 0 radical (unpaired) electrons. The van der Waals surface area contributed by atoms with Gasteiger partial charge >= 0.3 is 5.97 Å². The second-order valence-electron chi connectivity index (χ2n) is 7.22. The van der Waals surface area contributed by atoms with Crippen LogP contribution in [0.15, 0.2) is 29.2 Å². The van der Waals surface area contributed by atoms with E-state index in [1.807, 2.05) is 11.5 Å². The number of Topliss-reactive ketones (excluding diaryl/α,β-unsaturated/α-hetero) is 1. The summed E-state index contributed by atoms with van der Waals surface area (Å²) in [6.07, 6.45) is 2.07. The predicted octanol–water partition coefficient (Wildman–Crippen LogP) is 2.11. The van der Waals surface area contributed by atoms with Crippen LogP contribution in [0, 0.1) is 19.7 Å². The van der Waals surface area contributed by atoms with Gasteiger partial charge in [-0.05, 0) is 51.0 Å². The molecule has 1 fully saturated rings. The van der Waals surface area contributed by atoms with E-state index in [4.69, 9.17) is 14.6 Å². The van der Waals surface area contributed by atoms with Crippen LogP contribution < -0.4 is 5.14 Å². The van der Waals surface area contributed by atoms with Gasteiger partial charge in [-0.3, -0.25) is 4.79 Å². The molecular formula is C20H23FN2O6S. The molecule has 1 unspecified atom stereocenters. The average Bonchev–Trinajstić information content (AvgIpc) is 3.29. The van der Waals surface area contributed by atoms with E-state index in [1.165, 1.54) is 0 Å². The zero-order chi connectivity index (χ0) is 22.1. The van der Waals surface area contributed by atoms with Crippen LogP contribution in [0.1, 0.15) is 44.9 Å². The Balaban J connectivity index is 1.71. The van der Waals surface area contributed by atoms with Gasteiger partial charge in [0.1, 0.15) is 5.82 Å². The maximum absolute atomic E-state index is 13.9. The number of aryl methyl sites for hydroxylation is 1. The first-order chi connectivity index (χ1) is 14.1. The maximum atomic E-state index is 13.9. The van der Waals surface area contributed by atoms with Gasteiger partial charge in [0.15, 0.2) is 6.61 Å². The van der Waals surface area contributed by atoms with E-state index in [1.54, 1.807) is 13.0 Å². The SMILES string of the molecule is Cc1cc(C(=O)COC(=O)c2cc(S(N)(=O)=O)ccc2F)c(C)n1CC1CCCO1. The summed E-state index contributed by atoms with van der Waals surface area (Å²) in [4.78, 5) is 24.3. The van der Waals surface area contributed by atoms with Crippen LogP contribution in [0.2, 0.25) is 0 Å². The summed E-state index contributed by atoms with van der Waals surface area (Å²) in [5.74, 6) is -2.58.